The monoisotopic (exact) mass is 276 g/mol. The Balaban J connectivity index is 2.09. The Hall–Kier alpha value is -1.09. The van der Waals surface area contributed by atoms with E-state index < -0.39 is 0 Å². The van der Waals surface area contributed by atoms with E-state index in [-0.39, 0.29) is 6.61 Å². The van der Waals surface area contributed by atoms with E-state index in [1.807, 2.05) is 13.0 Å². The smallest absolute Gasteiger partial charge is 0.128 e. The highest BCUT2D eigenvalue weighted by molar-refractivity contribution is 5.41. The predicted octanol–water partition coefficient (Wildman–Crippen LogP) is 3.53. The molecular formula is C17H28N2O. The maximum absolute atomic E-state index is 9.24. The number of hydrogen-bond acceptors (Lipinski definition) is 3. The summed E-state index contributed by atoms with van der Waals surface area (Å²) in [5, 5.41) is 9.24. The summed E-state index contributed by atoms with van der Waals surface area (Å²) in [5.41, 5.74) is 2.28. The van der Waals surface area contributed by atoms with Crippen LogP contribution in [0.1, 0.15) is 51.3 Å². The molecule has 1 fully saturated rings. The van der Waals surface area contributed by atoms with E-state index >= 15 is 0 Å². The number of aliphatic hydroxyl groups excluding tert-OH is 1. The van der Waals surface area contributed by atoms with Crippen LogP contribution in [0.5, 0.6) is 0 Å². The number of aromatic nitrogens is 1. The van der Waals surface area contributed by atoms with Crippen LogP contribution in [0.3, 0.4) is 0 Å². The van der Waals surface area contributed by atoms with Crippen molar-refractivity contribution in [2.75, 3.05) is 18.0 Å². The van der Waals surface area contributed by atoms with Crippen molar-refractivity contribution in [3.8, 4) is 0 Å². The molecule has 0 saturated carbocycles. The standard InChI is InChI=1S/C17H28N2O/c1-13-14(12-20)7-8-16(18-13)19-10-5-6-15(9-11-19)17(2,3)4/h7-8,15,20H,5-6,9-12H2,1-4H3. The summed E-state index contributed by atoms with van der Waals surface area (Å²) in [6.45, 7) is 11.3. The Kier molecular flexibility index (Phi) is 4.69. The zero-order valence-corrected chi connectivity index (χ0v) is 13.3. The summed E-state index contributed by atoms with van der Waals surface area (Å²) < 4.78 is 0. The second-order valence-electron chi connectivity index (χ2n) is 7.05. The third-order valence-electron chi connectivity index (χ3n) is 4.63. The largest absolute Gasteiger partial charge is 0.392 e. The van der Waals surface area contributed by atoms with Crippen LogP contribution < -0.4 is 4.90 Å². The second kappa shape index (κ2) is 6.13. The summed E-state index contributed by atoms with van der Waals surface area (Å²) >= 11 is 0. The van der Waals surface area contributed by atoms with E-state index in [9.17, 15) is 5.11 Å². The van der Waals surface area contributed by atoms with Crippen LogP contribution in [-0.4, -0.2) is 23.2 Å². The van der Waals surface area contributed by atoms with Crippen LogP contribution in [0.2, 0.25) is 0 Å². The summed E-state index contributed by atoms with van der Waals surface area (Å²) in [6.07, 6.45) is 3.80. The number of anilines is 1. The molecule has 1 saturated heterocycles. The molecule has 1 N–H and O–H groups in total. The first-order valence-electron chi connectivity index (χ1n) is 7.74. The first-order chi connectivity index (χ1) is 9.41. The van der Waals surface area contributed by atoms with Gasteiger partial charge in [-0.05, 0) is 49.1 Å². The zero-order chi connectivity index (χ0) is 14.8. The van der Waals surface area contributed by atoms with Crippen molar-refractivity contribution in [2.45, 2.75) is 53.6 Å². The minimum atomic E-state index is 0.0746. The van der Waals surface area contributed by atoms with Gasteiger partial charge in [0.1, 0.15) is 5.82 Å². The minimum absolute atomic E-state index is 0.0746. The lowest BCUT2D eigenvalue weighted by Crippen LogP contribution is -2.27. The van der Waals surface area contributed by atoms with Gasteiger partial charge in [0.25, 0.3) is 0 Å². The van der Waals surface area contributed by atoms with Gasteiger partial charge in [-0.15, -0.1) is 0 Å². The molecule has 1 aliphatic heterocycles. The van der Waals surface area contributed by atoms with E-state index in [4.69, 9.17) is 0 Å². The van der Waals surface area contributed by atoms with Gasteiger partial charge >= 0.3 is 0 Å². The lowest BCUT2D eigenvalue weighted by molar-refractivity contribution is 0.220. The Bertz CT molecular complexity index is 451. The zero-order valence-electron chi connectivity index (χ0n) is 13.3. The molecule has 1 aliphatic rings. The SMILES string of the molecule is Cc1nc(N2CCCC(C(C)(C)C)CC2)ccc1CO. The van der Waals surface area contributed by atoms with Crippen LogP contribution >= 0.6 is 0 Å². The number of nitrogens with zero attached hydrogens (tertiary/aromatic N) is 2. The molecule has 0 radical (unpaired) electrons. The average molecular weight is 276 g/mol. The predicted molar refractivity (Wildman–Crippen MR) is 83.9 cm³/mol. The molecule has 1 aromatic heterocycles. The maximum atomic E-state index is 9.24. The van der Waals surface area contributed by atoms with Crippen molar-refractivity contribution >= 4 is 5.82 Å². The molecule has 0 aliphatic carbocycles. The molecule has 1 aromatic rings. The van der Waals surface area contributed by atoms with Crippen LogP contribution in [0.4, 0.5) is 5.82 Å². The maximum Gasteiger partial charge on any atom is 0.128 e. The molecule has 1 atom stereocenters. The first kappa shape index (κ1) is 15.3. The van der Waals surface area contributed by atoms with Crippen molar-refractivity contribution in [1.82, 2.24) is 4.98 Å². The number of rotatable bonds is 2. The molecule has 0 spiro atoms. The molecule has 1 unspecified atom stereocenters. The van der Waals surface area contributed by atoms with Crippen LogP contribution in [0.25, 0.3) is 0 Å². The molecular weight excluding hydrogens is 248 g/mol. The van der Waals surface area contributed by atoms with Gasteiger partial charge in [0.05, 0.1) is 6.61 Å². The van der Waals surface area contributed by atoms with Crippen LogP contribution in [-0.2, 0) is 6.61 Å². The molecule has 0 bridgehead atoms. The molecule has 2 heterocycles. The fraction of sp³-hybridized carbons (Fsp3) is 0.706. The number of hydrogen-bond donors (Lipinski definition) is 1. The van der Waals surface area contributed by atoms with Crippen LogP contribution in [0.15, 0.2) is 12.1 Å². The highest BCUT2D eigenvalue weighted by Crippen LogP contribution is 2.35. The molecule has 3 heteroatoms. The minimum Gasteiger partial charge on any atom is -0.392 e. The molecule has 112 valence electrons. The van der Waals surface area contributed by atoms with Gasteiger partial charge in [0.2, 0.25) is 0 Å². The van der Waals surface area contributed by atoms with E-state index in [0.717, 1.165) is 36.1 Å². The third-order valence-corrected chi connectivity index (χ3v) is 4.63. The lowest BCUT2D eigenvalue weighted by atomic mass is 9.77. The quantitative estimate of drug-likeness (QED) is 0.897. The summed E-state index contributed by atoms with van der Waals surface area (Å²) in [7, 11) is 0. The number of pyridine rings is 1. The van der Waals surface area contributed by atoms with Gasteiger partial charge in [-0.3, -0.25) is 0 Å². The molecule has 0 amide bonds. The number of aliphatic hydroxyl groups is 1. The van der Waals surface area contributed by atoms with Gasteiger partial charge in [0.15, 0.2) is 0 Å². The highest BCUT2D eigenvalue weighted by Gasteiger charge is 2.27. The van der Waals surface area contributed by atoms with Gasteiger partial charge in [-0.1, -0.05) is 26.8 Å². The van der Waals surface area contributed by atoms with Crippen LogP contribution in [0, 0.1) is 18.3 Å². The fourth-order valence-electron chi connectivity index (χ4n) is 3.11. The van der Waals surface area contributed by atoms with Crippen molar-refractivity contribution in [2.24, 2.45) is 11.3 Å². The topological polar surface area (TPSA) is 36.4 Å². The summed E-state index contributed by atoms with van der Waals surface area (Å²) in [5.74, 6) is 1.86. The summed E-state index contributed by atoms with van der Waals surface area (Å²) in [4.78, 5) is 7.07. The lowest BCUT2D eigenvalue weighted by Gasteiger charge is -2.30. The molecule has 3 nitrogen and oxygen atoms in total. The normalized spacial score (nSPS) is 20.9. The molecule has 0 aromatic carbocycles. The molecule has 2 rings (SSSR count). The Labute approximate surface area is 123 Å². The van der Waals surface area contributed by atoms with Crippen molar-refractivity contribution in [3.05, 3.63) is 23.4 Å². The average Bonchev–Trinajstić information content (AvgIpc) is 2.63. The highest BCUT2D eigenvalue weighted by atomic mass is 16.3. The van der Waals surface area contributed by atoms with E-state index in [1.165, 1.54) is 19.3 Å². The Morgan fingerprint density at radius 2 is 2.00 bits per heavy atom. The first-order valence-corrected chi connectivity index (χ1v) is 7.74. The Morgan fingerprint density at radius 3 is 2.60 bits per heavy atom. The van der Waals surface area contributed by atoms with Crippen molar-refractivity contribution in [1.29, 1.82) is 0 Å². The Morgan fingerprint density at radius 1 is 1.25 bits per heavy atom. The van der Waals surface area contributed by atoms with Gasteiger partial charge in [-0.2, -0.15) is 0 Å². The number of aryl methyl sites for hydroxylation is 1. The van der Waals surface area contributed by atoms with E-state index in [0.29, 0.717) is 5.41 Å². The summed E-state index contributed by atoms with van der Waals surface area (Å²) in [6, 6.07) is 4.06. The van der Waals surface area contributed by atoms with Crippen molar-refractivity contribution < 1.29 is 5.11 Å². The van der Waals surface area contributed by atoms with E-state index in [1.54, 1.807) is 0 Å². The molecule has 20 heavy (non-hydrogen) atoms. The second-order valence-corrected chi connectivity index (χ2v) is 7.05. The van der Waals surface area contributed by atoms with Gasteiger partial charge in [0, 0.05) is 18.8 Å². The van der Waals surface area contributed by atoms with Gasteiger partial charge < -0.3 is 10.0 Å². The third kappa shape index (κ3) is 3.51. The van der Waals surface area contributed by atoms with E-state index in [2.05, 4.69) is 36.7 Å². The van der Waals surface area contributed by atoms with Gasteiger partial charge in [-0.25, -0.2) is 4.98 Å². The van der Waals surface area contributed by atoms with Crippen molar-refractivity contribution in [3.63, 3.8) is 0 Å². The fourth-order valence-corrected chi connectivity index (χ4v) is 3.11.